The molecule has 5 heteroatoms. The summed E-state index contributed by atoms with van der Waals surface area (Å²) in [7, 11) is 1.96. The Morgan fingerprint density at radius 3 is 3.06 bits per heavy atom. The molecule has 0 saturated heterocycles. The predicted octanol–water partition coefficient (Wildman–Crippen LogP) is 1.77. The molecule has 0 fully saturated rings. The maximum Gasteiger partial charge on any atom is 0.149 e. The van der Waals surface area contributed by atoms with Crippen LogP contribution in [0.15, 0.2) is 23.2 Å². The molecule has 0 aromatic carbocycles. The Morgan fingerprint density at radius 2 is 2.44 bits per heavy atom. The lowest BCUT2D eigenvalue weighted by Gasteiger charge is -2.12. The number of aryl methyl sites for hydroxylation is 1. The van der Waals surface area contributed by atoms with Crippen LogP contribution < -0.4 is 5.32 Å². The van der Waals surface area contributed by atoms with Crippen LogP contribution in [0.4, 0.5) is 0 Å². The van der Waals surface area contributed by atoms with E-state index >= 15 is 0 Å². The van der Waals surface area contributed by atoms with Crippen LogP contribution in [0.2, 0.25) is 0 Å². The monoisotopic (exact) mass is 236 g/mol. The van der Waals surface area contributed by atoms with Gasteiger partial charge < -0.3 is 9.88 Å². The van der Waals surface area contributed by atoms with E-state index in [2.05, 4.69) is 39.3 Å². The van der Waals surface area contributed by atoms with Crippen molar-refractivity contribution in [2.75, 3.05) is 6.54 Å². The van der Waals surface area contributed by atoms with Gasteiger partial charge in [0.2, 0.25) is 0 Å². The molecule has 2 aromatic heterocycles. The van der Waals surface area contributed by atoms with Gasteiger partial charge in [0, 0.05) is 7.05 Å². The van der Waals surface area contributed by atoms with Crippen molar-refractivity contribution < 1.29 is 0 Å². The molecule has 2 rings (SSSR count). The number of rotatable bonds is 5. The zero-order valence-electron chi connectivity index (χ0n) is 9.55. The van der Waals surface area contributed by atoms with Gasteiger partial charge in [0.25, 0.3) is 0 Å². The standard InChI is InChI=1S/C11H16N4S/c1-9(11-14-13-8-15(11)2)12-5-3-10-4-6-16-7-10/h4,6-9,12H,3,5H2,1-2H3. The SMILES string of the molecule is CC(NCCc1ccsc1)c1nncn1C. The molecule has 1 unspecified atom stereocenters. The van der Waals surface area contributed by atoms with Crippen LogP contribution in [0.3, 0.4) is 0 Å². The second-order valence-corrected chi connectivity index (χ2v) is 4.64. The molecule has 16 heavy (non-hydrogen) atoms. The van der Waals surface area contributed by atoms with Gasteiger partial charge in [-0.3, -0.25) is 0 Å². The molecule has 0 spiro atoms. The third kappa shape index (κ3) is 2.68. The summed E-state index contributed by atoms with van der Waals surface area (Å²) >= 11 is 1.74. The highest BCUT2D eigenvalue weighted by molar-refractivity contribution is 7.07. The average Bonchev–Trinajstić information content (AvgIpc) is 2.88. The van der Waals surface area contributed by atoms with E-state index in [9.17, 15) is 0 Å². The van der Waals surface area contributed by atoms with Crippen molar-refractivity contribution in [3.8, 4) is 0 Å². The smallest absolute Gasteiger partial charge is 0.149 e. The Bertz CT molecular complexity index is 421. The lowest BCUT2D eigenvalue weighted by molar-refractivity contribution is 0.532. The summed E-state index contributed by atoms with van der Waals surface area (Å²) in [5.41, 5.74) is 1.39. The van der Waals surface area contributed by atoms with Crippen molar-refractivity contribution in [3.05, 3.63) is 34.5 Å². The Kier molecular flexibility index (Phi) is 3.69. The zero-order chi connectivity index (χ0) is 11.4. The third-order valence-corrected chi connectivity index (χ3v) is 3.31. The van der Waals surface area contributed by atoms with Crippen LogP contribution >= 0.6 is 11.3 Å². The Hall–Kier alpha value is -1.20. The van der Waals surface area contributed by atoms with Crippen LogP contribution in [0.1, 0.15) is 24.4 Å². The van der Waals surface area contributed by atoms with Crippen molar-refractivity contribution in [1.82, 2.24) is 20.1 Å². The second-order valence-electron chi connectivity index (χ2n) is 3.86. The molecule has 0 aliphatic heterocycles. The number of nitrogens with one attached hydrogen (secondary N) is 1. The largest absolute Gasteiger partial charge is 0.319 e. The Morgan fingerprint density at radius 1 is 1.56 bits per heavy atom. The first kappa shape index (κ1) is 11.3. The predicted molar refractivity (Wildman–Crippen MR) is 65.4 cm³/mol. The molecule has 1 N–H and O–H groups in total. The maximum atomic E-state index is 4.08. The van der Waals surface area contributed by atoms with Crippen molar-refractivity contribution in [3.63, 3.8) is 0 Å². The fraction of sp³-hybridized carbons (Fsp3) is 0.455. The van der Waals surface area contributed by atoms with E-state index < -0.39 is 0 Å². The van der Waals surface area contributed by atoms with Gasteiger partial charge in [-0.25, -0.2) is 0 Å². The Labute approximate surface area is 99.3 Å². The average molecular weight is 236 g/mol. The topological polar surface area (TPSA) is 42.7 Å². The van der Waals surface area contributed by atoms with Crippen molar-refractivity contribution >= 4 is 11.3 Å². The molecule has 0 bridgehead atoms. The van der Waals surface area contributed by atoms with E-state index in [1.807, 2.05) is 11.6 Å². The van der Waals surface area contributed by atoms with Gasteiger partial charge in [0.15, 0.2) is 0 Å². The van der Waals surface area contributed by atoms with Crippen LogP contribution in [0, 0.1) is 0 Å². The van der Waals surface area contributed by atoms with Gasteiger partial charge in [0.1, 0.15) is 12.2 Å². The van der Waals surface area contributed by atoms with E-state index in [0.29, 0.717) is 0 Å². The van der Waals surface area contributed by atoms with Crippen LogP contribution in [-0.4, -0.2) is 21.3 Å². The molecule has 1 atom stereocenters. The van der Waals surface area contributed by atoms with E-state index in [0.717, 1.165) is 18.8 Å². The van der Waals surface area contributed by atoms with E-state index in [1.54, 1.807) is 17.7 Å². The van der Waals surface area contributed by atoms with Gasteiger partial charge in [-0.15, -0.1) is 10.2 Å². The van der Waals surface area contributed by atoms with E-state index in [-0.39, 0.29) is 6.04 Å². The minimum atomic E-state index is 0.242. The van der Waals surface area contributed by atoms with Crippen LogP contribution in [-0.2, 0) is 13.5 Å². The molecule has 2 heterocycles. The molecule has 0 saturated carbocycles. The highest BCUT2D eigenvalue weighted by atomic mass is 32.1. The van der Waals surface area contributed by atoms with Gasteiger partial charge >= 0.3 is 0 Å². The van der Waals surface area contributed by atoms with Crippen LogP contribution in [0.5, 0.6) is 0 Å². The number of nitrogens with zero attached hydrogens (tertiary/aromatic N) is 3. The normalized spacial score (nSPS) is 12.9. The molecule has 2 aromatic rings. The molecule has 0 aliphatic carbocycles. The highest BCUT2D eigenvalue weighted by Crippen LogP contribution is 2.09. The molecular weight excluding hydrogens is 220 g/mol. The van der Waals surface area contributed by atoms with Crippen molar-refractivity contribution in [1.29, 1.82) is 0 Å². The first-order chi connectivity index (χ1) is 7.77. The van der Waals surface area contributed by atoms with Crippen molar-refractivity contribution in [2.24, 2.45) is 7.05 Å². The molecule has 0 aliphatic rings. The van der Waals surface area contributed by atoms with Crippen molar-refractivity contribution in [2.45, 2.75) is 19.4 Å². The molecular formula is C11H16N4S. The lowest BCUT2D eigenvalue weighted by Crippen LogP contribution is -2.23. The fourth-order valence-electron chi connectivity index (χ4n) is 1.64. The summed E-state index contributed by atoms with van der Waals surface area (Å²) in [5, 5.41) is 15.7. The lowest BCUT2D eigenvalue weighted by atomic mass is 10.2. The number of hydrogen-bond donors (Lipinski definition) is 1. The minimum Gasteiger partial charge on any atom is -0.319 e. The summed E-state index contributed by atoms with van der Waals surface area (Å²) in [6, 6.07) is 2.41. The molecule has 4 nitrogen and oxygen atoms in total. The van der Waals surface area contributed by atoms with Gasteiger partial charge in [-0.05, 0) is 42.3 Å². The van der Waals surface area contributed by atoms with Gasteiger partial charge in [-0.1, -0.05) is 0 Å². The maximum absolute atomic E-state index is 4.08. The van der Waals surface area contributed by atoms with Gasteiger partial charge in [-0.2, -0.15) is 11.3 Å². The number of hydrogen-bond acceptors (Lipinski definition) is 4. The van der Waals surface area contributed by atoms with Gasteiger partial charge in [0.05, 0.1) is 6.04 Å². The third-order valence-electron chi connectivity index (χ3n) is 2.58. The second kappa shape index (κ2) is 5.23. The summed E-state index contributed by atoms with van der Waals surface area (Å²) in [6.45, 7) is 3.07. The molecule has 86 valence electrons. The number of aromatic nitrogens is 3. The highest BCUT2D eigenvalue weighted by Gasteiger charge is 2.09. The molecule has 0 amide bonds. The first-order valence-corrected chi connectivity index (χ1v) is 6.30. The Balaban J connectivity index is 1.80. The first-order valence-electron chi connectivity index (χ1n) is 5.35. The quantitative estimate of drug-likeness (QED) is 0.860. The van der Waals surface area contributed by atoms with E-state index in [1.165, 1.54) is 5.56 Å². The fourth-order valence-corrected chi connectivity index (χ4v) is 2.35. The van der Waals surface area contributed by atoms with Crippen LogP contribution in [0.25, 0.3) is 0 Å². The summed E-state index contributed by atoms with van der Waals surface area (Å²) in [6.07, 6.45) is 2.79. The number of thiophene rings is 1. The molecule has 0 radical (unpaired) electrons. The summed E-state index contributed by atoms with van der Waals surface area (Å²) in [4.78, 5) is 0. The summed E-state index contributed by atoms with van der Waals surface area (Å²) < 4.78 is 1.95. The summed E-state index contributed by atoms with van der Waals surface area (Å²) in [5.74, 6) is 0.977. The van der Waals surface area contributed by atoms with E-state index in [4.69, 9.17) is 0 Å². The zero-order valence-corrected chi connectivity index (χ0v) is 10.4. The minimum absolute atomic E-state index is 0.242.